The zero-order valence-corrected chi connectivity index (χ0v) is 20.7. The van der Waals surface area contributed by atoms with E-state index in [1.165, 1.54) is 0 Å². The number of carbonyl (C=O) groups is 1. The Hall–Kier alpha value is -4.09. The molecule has 2 aromatic carbocycles. The Morgan fingerprint density at radius 2 is 1.78 bits per heavy atom. The normalized spacial score (nSPS) is 16.8. The quantitative estimate of drug-likeness (QED) is 0.427. The number of rotatable bonds is 5. The number of carbonyl (C=O) groups excluding carboxylic acids is 1. The molecule has 2 saturated heterocycles. The van der Waals surface area contributed by atoms with Crippen LogP contribution in [0.5, 0.6) is 0 Å². The van der Waals surface area contributed by atoms with Crippen molar-refractivity contribution >= 4 is 34.4 Å². The summed E-state index contributed by atoms with van der Waals surface area (Å²) in [5.41, 5.74) is 3.16. The minimum Gasteiger partial charge on any atom is -0.378 e. The van der Waals surface area contributed by atoms with Crippen molar-refractivity contribution in [2.24, 2.45) is 0 Å². The summed E-state index contributed by atoms with van der Waals surface area (Å²) >= 11 is 0. The minimum absolute atomic E-state index is 0.0359. The fraction of sp³-hybridized carbons (Fsp3) is 0.346. The van der Waals surface area contributed by atoms with Crippen molar-refractivity contribution in [3.05, 3.63) is 54.2 Å². The molecule has 0 aliphatic carbocycles. The van der Waals surface area contributed by atoms with Crippen LogP contribution in [0.1, 0.15) is 10.4 Å². The molecule has 2 aliphatic heterocycles. The van der Waals surface area contributed by atoms with E-state index in [-0.39, 0.29) is 5.91 Å². The number of hydrogen-bond donors (Lipinski definition) is 2. The van der Waals surface area contributed by atoms with E-state index >= 15 is 0 Å². The van der Waals surface area contributed by atoms with Gasteiger partial charge in [-0.3, -0.25) is 9.89 Å². The first-order valence-corrected chi connectivity index (χ1v) is 12.5. The number of nitrogens with zero attached hydrogens (tertiary/aromatic N) is 7. The molecule has 190 valence electrons. The third kappa shape index (κ3) is 4.95. The lowest BCUT2D eigenvalue weighted by molar-refractivity contribution is 0.0664. The highest BCUT2D eigenvalue weighted by atomic mass is 16.5. The molecule has 2 aromatic heterocycles. The van der Waals surface area contributed by atoms with Crippen LogP contribution in [-0.4, -0.2) is 100 Å². The molecule has 11 nitrogen and oxygen atoms in total. The molecule has 0 unspecified atom stereocenters. The number of anilines is 3. The first kappa shape index (κ1) is 23.3. The number of H-pyrrole nitrogens is 1. The molecule has 2 aliphatic rings. The van der Waals surface area contributed by atoms with E-state index in [1.807, 2.05) is 47.4 Å². The Labute approximate surface area is 214 Å². The van der Waals surface area contributed by atoms with Gasteiger partial charge in [-0.1, -0.05) is 18.2 Å². The molecular formula is C26H29N9O2. The van der Waals surface area contributed by atoms with E-state index in [4.69, 9.17) is 19.7 Å². The van der Waals surface area contributed by atoms with Crippen LogP contribution in [0, 0.1) is 0 Å². The van der Waals surface area contributed by atoms with E-state index in [1.54, 1.807) is 6.20 Å². The zero-order valence-electron chi connectivity index (χ0n) is 20.7. The third-order valence-corrected chi connectivity index (χ3v) is 6.80. The van der Waals surface area contributed by atoms with Gasteiger partial charge in [0.1, 0.15) is 0 Å². The molecule has 0 atom stereocenters. The SMILES string of the molecule is CN1CCN(C(=O)c2cccc(Nc3nc(-c4cccc5[nH]ncc45)nc(N4CCOCC4)n3)c2)CC1. The average Bonchev–Trinajstić information content (AvgIpc) is 3.43. The number of fused-ring (bicyclic) bond motifs is 1. The number of nitrogens with one attached hydrogen (secondary N) is 2. The van der Waals surface area contributed by atoms with Gasteiger partial charge in [0.2, 0.25) is 11.9 Å². The van der Waals surface area contributed by atoms with Gasteiger partial charge in [-0.15, -0.1) is 0 Å². The molecule has 0 saturated carbocycles. The van der Waals surface area contributed by atoms with E-state index in [0.29, 0.717) is 49.6 Å². The molecule has 4 aromatic rings. The smallest absolute Gasteiger partial charge is 0.254 e. The molecule has 1 amide bonds. The number of hydrogen-bond acceptors (Lipinski definition) is 9. The molecule has 0 radical (unpaired) electrons. The summed E-state index contributed by atoms with van der Waals surface area (Å²) in [7, 11) is 2.08. The number of morpholine rings is 1. The number of amides is 1. The Kier molecular flexibility index (Phi) is 6.37. The highest BCUT2D eigenvalue weighted by Gasteiger charge is 2.21. The van der Waals surface area contributed by atoms with Crippen LogP contribution in [0.15, 0.2) is 48.7 Å². The van der Waals surface area contributed by atoms with Gasteiger partial charge in [-0.25, -0.2) is 0 Å². The van der Waals surface area contributed by atoms with Crippen LogP contribution in [-0.2, 0) is 4.74 Å². The number of ether oxygens (including phenoxy) is 1. The molecule has 6 rings (SSSR count). The number of likely N-dealkylation sites (N-methyl/N-ethyl adjacent to an activating group) is 1. The van der Waals surface area contributed by atoms with Gasteiger partial charge < -0.3 is 24.8 Å². The van der Waals surface area contributed by atoms with Crippen LogP contribution in [0.3, 0.4) is 0 Å². The highest BCUT2D eigenvalue weighted by molar-refractivity contribution is 5.95. The summed E-state index contributed by atoms with van der Waals surface area (Å²) in [6.45, 7) is 5.87. The van der Waals surface area contributed by atoms with Gasteiger partial charge in [-0.2, -0.15) is 20.1 Å². The van der Waals surface area contributed by atoms with Crippen LogP contribution >= 0.6 is 0 Å². The molecule has 2 fully saturated rings. The van der Waals surface area contributed by atoms with Gasteiger partial charge in [-0.05, 0) is 31.3 Å². The fourth-order valence-corrected chi connectivity index (χ4v) is 4.66. The van der Waals surface area contributed by atoms with Crippen LogP contribution in [0.25, 0.3) is 22.3 Å². The van der Waals surface area contributed by atoms with Crippen molar-refractivity contribution in [3.63, 3.8) is 0 Å². The second-order valence-corrected chi connectivity index (χ2v) is 9.32. The highest BCUT2D eigenvalue weighted by Crippen LogP contribution is 2.28. The summed E-state index contributed by atoms with van der Waals surface area (Å²) in [5, 5.41) is 11.4. The monoisotopic (exact) mass is 499 g/mol. The predicted octanol–water partition coefficient (Wildman–Crippen LogP) is 2.38. The van der Waals surface area contributed by atoms with Crippen molar-refractivity contribution in [1.82, 2.24) is 34.9 Å². The fourth-order valence-electron chi connectivity index (χ4n) is 4.66. The summed E-state index contributed by atoms with van der Waals surface area (Å²) < 4.78 is 5.52. The van der Waals surface area contributed by atoms with Gasteiger partial charge in [0.05, 0.1) is 24.9 Å². The zero-order chi connectivity index (χ0) is 25.2. The molecular weight excluding hydrogens is 470 g/mol. The Balaban J connectivity index is 1.32. The standard InChI is InChI=1S/C26H29N9O2/c1-33-8-10-34(11-9-33)24(36)18-4-2-5-19(16-18)28-25-29-23(20-6-3-7-22-21(20)17-27-32-22)30-26(31-25)35-12-14-37-15-13-35/h2-7,16-17H,8-15H2,1H3,(H,27,32)(H,28,29,30,31). The lowest BCUT2D eigenvalue weighted by Gasteiger charge is -2.32. The summed E-state index contributed by atoms with van der Waals surface area (Å²) in [6, 6.07) is 13.4. The second-order valence-electron chi connectivity index (χ2n) is 9.32. The summed E-state index contributed by atoms with van der Waals surface area (Å²) in [4.78, 5) is 33.7. The summed E-state index contributed by atoms with van der Waals surface area (Å²) in [5.74, 6) is 1.58. The first-order chi connectivity index (χ1) is 18.1. The molecule has 4 heterocycles. The van der Waals surface area contributed by atoms with Crippen molar-refractivity contribution in [2.75, 3.05) is 69.7 Å². The van der Waals surface area contributed by atoms with Crippen molar-refractivity contribution < 1.29 is 9.53 Å². The lowest BCUT2D eigenvalue weighted by atomic mass is 10.1. The molecule has 2 N–H and O–H groups in total. The molecule has 0 bridgehead atoms. The van der Waals surface area contributed by atoms with Crippen LogP contribution in [0.2, 0.25) is 0 Å². The average molecular weight is 500 g/mol. The van der Waals surface area contributed by atoms with Crippen molar-refractivity contribution in [3.8, 4) is 11.4 Å². The largest absolute Gasteiger partial charge is 0.378 e. The minimum atomic E-state index is 0.0359. The third-order valence-electron chi connectivity index (χ3n) is 6.80. The second kappa shape index (κ2) is 10.1. The molecule has 37 heavy (non-hydrogen) atoms. The van der Waals surface area contributed by atoms with Gasteiger partial charge in [0.25, 0.3) is 5.91 Å². The number of aromatic nitrogens is 5. The van der Waals surface area contributed by atoms with Gasteiger partial charge in [0.15, 0.2) is 5.82 Å². The molecule has 0 spiro atoms. The van der Waals surface area contributed by atoms with E-state index in [0.717, 1.165) is 48.3 Å². The van der Waals surface area contributed by atoms with E-state index in [2.05, 4.69) is 32.4 Å². The first-order valence-electron chi connectivity index (χ1n) is 12.5. The van der Waals surface area contributed by atoms with Crippen LogP contribution in [0.4, 0.5) is 17.6 Å². The lowest BCUT2D eigenvalue weighted by Crippen LogP contribution is -2.47. The van der Waals surface area contributed by atoms with E-state index < -0.39 is 0 Å². The maximum atomic E-state index is 13.1. The van der Waals surface area contributed by atoms with Crippen molar-refractivity contribution in [2.45, 2.75) is 0 Å². The Morgan fingerprint density at radius 3 is 2.62 bits per heavy atom. The Bertz CT molecular complexity index is 1410. The predicted molar refractivity (Wildman–Crippen MR) is 141 cm³/mol. The number of benzene rings is 2. The molecule has 11 heteroatoms. The topological polar surface area (TPSA) is 115 Å². The van der Waals surface area contributed by atoms with E-state index in [9.17, 15) is 4.79 Å². The maximum Gasteiger partial charge on any atom is 0.254 e. The number of aromatic amines is 1. The van der Waals surface area contributed by atoms with Crippen LogP contribution < -0.4 is 10.2 Å². The maximum absolute atomic E-state index is 13.1. The van der Waals surface area contributed by atoms with Gasteiger partial charge in [0, 0.05) is 61.5 Å². The number of piperazine rings is 1. The summed E-state index contributed by atoms with van der Waals surface area (Å²) in [6.07, 6.45) is 1.78. The Morgan fingerprint density at radius 1 is 0.973 bits per heavy atom. The van der Waals surface area contributed by atoms with Crippen molar-refractivity contribution in [1.29, 1.82) is 0 Å². The van der Waals surface area contributed by atoms with Gasteiger partial charge >= 0.3 is 0 Å².